The monoisotopic (exact) mass is 297 g/mol. The van der Waals surface area contributed by atoms with Crippen LogP contribution in [0.3, 0.4) is 0 Å². The average molecular weight is 297 g/mol. The van der Waals surface area contributed by atoms with Gasteiger partial charge in [0, 0.05) is 12.1 Å². The Bertz CT molecular complexity index is 522. The Morgan fingerprint density at radius 2 is 1.95 bits per heavy atom. The third-order valence-electron chi connectivity index (χ3n) is 3.68. The van der Waals surface area contributed by atoms with Crippen molar-refractivity contribution in [1.29, 1.82) is 0 Å². The van der Waals surface area contributed by atoms with Crippen LogP contribution >= 0.6 is 0 Å². The molecule has 1 aliphatic carbocycles. The summed E-state index contributed by atoms with van der Waals surface area (Å²) in [4.78, 5) is 0. The van der Waals surface area contributed by atoms with Gasteiger partial charge in [0.25, 0.3) is 0 Å². The predicted molar refractivity (Wildman–Crippen MR) is 80.2 cm³/mol. The molecule has 4 nitrogen and oxygen atoms in total. The molecule has 0 bridgehead atoms. The fraction of sp³-hybridized carbons (Fsp3) is 0.600. The van der Waals surface area contributed by atoms with Crippen molar-refractivity contribution in [1.82, 2.24) is 4.72 Å². The van der Waals surface area contributed by atoms with Gasteiger partial charge in [0.05, 0.1) is 12.4 Å². The molecule has 0 aliphatic heterocycles. The van der Waals surface area contributed by atoms with E-state index in [0.29, 0.717) is 19.1 Å². The highest BCUT2D eigenvalue weighted by molar-refractivity contribution is 7.89. The summed E-state index contributed by atoms with van der Waals surface area (Å²) in [6, 6.07) is 7.54. The van der Waals surface area contributed by atoms with Crippen molar-refractivity contribution < 1.29 is 13.2 Å². The topological polar surface area (TPSA) is 55.4 Å². The maximum absolute atomic E-state index is 12.1. The Balaban J connectivity index is 1.93. The van der Waals surface area contributed by atoms with E-state index in [9.17, 15) is 8.42 Å². The van der Waals surface area contributed by atoms with Crippen LogP contribution in [-0.4, -0.2) is 20.8 Å². The largest absolute Gasteiger partial charge is 0.494 e. The molecule has 20 heavy (non-hydrogen) atoms. The number of nitrogens with one attached hydrogen (secondary N) is 1. The van der Waals surface area contributed by atoms with Crippen molar-refractivity contribution in [2.75, 3.05) is 12.4 Å². The van der Waals surface area contributed by atoms with E-state index in [2.05, 4.69) is 4.72 Å². The number of sulfonamides is 1. The summed E-state index contributed by atoms with van der Waals surface area (Å²) in [6.07, 6.45) is 4.40. The lowest BCUT2D eigenvalue weighted by Crippen LogP contribution is -2.29. The van der Waals surface area contributed by atoms with Crippen molar-refractivity contribution in [3.63, 3.8) is 0 Å². The van der Waals surface area contributed by atoms with Crippen LogP contribution in [0.25, 0.3) is 0 Å². The van der Waals surface area contributed by atoms with Crippen LogP contribution in [0.15, 0.2) is 24.3 Å². The molecule has 1 aromatic carbocycles. The SMILES string of the molecule is CCOc1ccccc1CNS(=O)(=O)CC1CCCC1. The van der Waals surface area contributed by atoms with Gasteiger partial charge in [0.2, 0.25) is 10.0 Å². The molecule has 1 aliphatic rings. The highest BCUT2D eigenvalue weighted by Crippen LogP contribution is 2.26. The number of rotatable bonds is 7. The average Bonchev–Trinajstić information content (AvgIpc) is 2.90. The minimum atomic E-state index is -3.20. The smallest absolute Gasteiger partial charge is 0.212 e. The second kappa shape index (κ2) is 7.09. The zero-order valence-electron chi connectivity index (χ0n) is 12.0. The highest BCUT2D eigenvalue weighted by atomic mass is 32.2. The molecule has 1 saturated carbocycles. The second-order valence-corrected chi connectivity index (χ2v) is 7.15. The molecule has 0 spiro atoms. The van der Waals surface area contributed by atoms with Crippen LogP contribution in [0.5, 0.6) is 5.75 Å². The minimum Gasteiger partial charge on any atom is -0.494 e. The van der Waals surface area contributed by atoms with Gasteiger partial charge in [0.15, 0.2) is 0 Å². The Hall–Kier alpha value is -1.07. The summed E-state index contributed by atoms with van der Waals surface area (Å²) in [6.45, 7) is 2.79. The molecule has 2 rings (SSSR count). The Morgan fingerprint density at radius 1 is 1.25 bits per heavy atom. The first-order valence-electron chi connectivity index (χ1n) is 7.29. The van der Waals surface area contributed by atoms with Crippen molar-refractivity contribution >= 4 is 10.0 Å². The normalized spacial score (nSPS) is 16.4. The first kappa shape index (κ1) is 15.3. The summed E-state index contributed by atoms with van der Waals surface area (Å²) in [5.74, 6) is 1.33. The summed E-state index contributed by atoms with van der Waals surface area (Å²) < 4.78 is 32.3. The summed E-state index contributed by atoms with van der Waals surface area (Å²) in [7, 11) is -3.20. The van der Waals surface area contributed by atoms with Crippen LogP contribution in [0.4, 0.5) is 0 Å². The number of ether oxygens (including phenoxy) is 1. The molecule has 1 fully saturated rings. The molecule has 1 aromatic rings. The van der Waals surface area contributed by atoms with Crippen molar-refractivity contribution in [3.8, 4) is 5.75 Å². The van der Waals surface area contributed by atoms with E-state index < -0.39 is 10.0 Å². The number of para-hydroxylation sites is 1. The minimum absolute atomic E-state index is 0.254. The Kier molecular flexibility index (Phi) is 5.43. The molecular formula is C15H23NO3S. The first-order chi connectivity index (χ1) is 9.61. The quantitative estimate of drug-likeness (QED) is 0.842. The summed E-state index contributed by atoms with van der Waals surface area (Å²) in [5.41, 5.74) is 0.879. The molecule has 0 amide bonds. The number of hydrogen-bond acceptors (Lipinski definition) is 3. The maximum atomic E-state index is 12.1. The third kappa shape index (κ3) is 4.49. The van der Waals surface area contributed by atoms with Gasteiger partial charge in [-0.25, -0.2) is 13.1 Å². The van der Waals surface area contributed by atoms with Gasteiger partial charge in [-0.2, -0.15) is 0 Å². The van der Waals surface area contributed by atoms with Crippen LogP contribution in [-0.2, 0) is 16.6 Å². The van der Waals surface area contributed by atoms with E-state index in [0.717, 1.165) is 37.0 Å². The highest BCUT2D eigenvalue weighted by Gasteiger charge is 2.22. The molecule has 0 radical (unpaired) electrons. The fourth-order valence-corrected chi connectivity index (χ4v) is 4.13. The van der Waals surface area contributed by atoms with Crippen LogP contribution < -0.4 is 9.46 Å². The standard InChI is InChI=1S/C15H23NO3S/c1-2-19-15-10-6-5-9-14(15)11-16-20(17,18)12-13-7-3-4-8-13/h5-6,9-10,13,16H,2-4,7-8,11-12H2,1H3. The summed E-state index contributed by atoms with van der Waals surface area (Å²) in [5, 5.41) is 0. The molecule has 112 valence electrons. The van der Waals surface area contributed by atoms with Crippen LogP contribution in [0.2, 0.25) is 0 Å². The van der Waals surface area contributed by atoms with Crippen LogP contribution in [0.1, 0.15) is 38.2 Å². The predicted octanol–water partition coefficient (Wildman–Crippen LogP) is 2.69. The third-order valence-corrected chi connectivity index (χ3v) is 5.18. The van der Waals surface area contributed by atoms with Gasteiger partial charge >= 0.3 is 0 Å². The van der Waals surface area contributed by atoms with Gasteiger partial charge in [-0.05, 0) is 31.7 Å². The lowest BCUT2D eigenvalue weighted by molar-refractivity contribution is 0.336. The summed E-state index contributed by atoms with van der Waals surface area (Å²) >= 11 is 0. The molecule has 1 N–H and O–H groups in total. The molecule has 0 aromatic heterocycles. The van der Waals surface area contributed by atoms with E-state index in [1.54, 1.807) is 0 Å². The van der Waals surface area contributed by atoms with E-state index >= 15 is 0 Å². The van der Waals surface area contributed by atoms with Gasteiger partial charge in [0.1, 0.15) is 5.75 Å². The van der Waals surface area contributed by atoms with Gasteiger partial charge in [-0.3, -0.25) is 0 Å². The Labute approximate surface area is 121 Å². The molecular weight excluding hydrogens is 274 g/mol. The molecule has 0 saturated heterocycles. The Morgan fingerprint density at radius 3 is 2.65 bits per heavy atom. The number of hydrogen-bond donors (Lipinski definition) is 1. The van der Waals surface area contributed by atoms with Crippen molar-refractivity contribution in [3.05, 3.63) is 29.8 Å². The van der Waals surface area contributed by atoms with Gasteiger partial charge in [-0.15, -0.1) is 0 Å². The molecule has 0 atom stereocenters. The zero-order valence-corrected chi connectivity index (χ0v) is 12.8. The van der Waals surface area contributed by atoms with Gasteiger partial charge in [-0.1, -0.05) is 31.0 Å². The van der Waals surface area contributed by atoms with E-state index in [4.69, 9.17) is 4.74 Å². The zero-order chi connectivity index (χ0) is 14.4. The lowest BCUT2D eigenvalue weighted by Gasteiger charge is -2.13. The lowest BCUT2D eigenvalue weighted by atomic mass is 10.1. The van der Waals surface area contributed by atoms with E-state index in [1.807, 2.05) is 31.2 Å². The van der Waals surface area contributed by atoms with Crippen molar-refractivity contribution in [2.24, 2.45) is 5.92 Å². The molecule has 0 heterocycles. The number of benzene rings is 1. The molecule has 5 heteroatoms. The molecule has 0 unspecified atom stereocenters. The van der Waals surface area contributed by atoms with Gasteiger partial charge < -0.3 is 4.74 Å². The van der Waals surface area contributed by atoms with E-state index in [-0.39, 0.29) is 5.75 Å². The first-order valence-corrected chi connectivity index (χ1v) is 8.94. The van der Waals surface area contributed by atoms with Crippen molar-refractivity contribution in [2.45, 2.75) is 39.2 Å². The van der Waals surface area contributed by atoms with Crippen LogP contribution in [0, 0.1) is 5.92 Å². The maximum Gasteiger partial charge on any atom is 0.212 e. The second-order valence-electron chi connectivity index (χ2n) is 5.29. The van der Waals surface area contributed by atoms with E-state index in [1.165, 1.54) is 0 Å². The fourth-order valence-electron chi connectivity index (χ4n) is 2.68.